The first-order valence-corrected chi connectivity index (χ1v) is 8.44. The molecule has 0 bridgehead atoms. The van der Waals surface area contributed by atoms with E-state index >= 15 is 0 Å². The molecule has 0 atom stereocenters. The van der Waals surface area contributed by atoms with E-state index in [9.17, 15) is 4.79 Å². The second kappa shape index (κ2) is 8.36. The minimum atomic E-state index is -0.0353. The van der Waals surface area contributed by atoms with Gasteiger partial charge in [-0.1, -0.05) is 48.0 Å². The van der Waals surface area contributed by atoms with Gasteiger partial charge >= 0.3 is 0 Å². The number of rotatable bonds is 6. The summed E-state index contributed by atoms with van der Waals surface area (Å²) in [5.74, 6) is 1.54. The monoisotopic (exact) mass is 351 g/mol. The molecule has 0 unspecified atom stereocenters. The van der Waals surface area contributed by atoms with E-state index in [0.29, 0.717) is 23.6 Å². The Morgan fingerprint density at radius 2 is 1.60 bits per heavy atom. The quantitative estimate of drug-likeness (QED) is 0.618. The Morgan fingerprint density at radius 1 is 0.880 bits per heavy atom. The first-order chi connectivity index (χ1) is 12.2. The number of benzene rings is 3. The van der Waals surface area contributed by atoms with Gasteiger partial charge in [0.1, 0.15) is 11.5 Å². The van der Waals surface area contributed by atoms with Crippen LogP contribution in [0.2, 0.25) is 5.02 Å². The molecule has 0 radical (unpaired) electrons. The Kier molecular flexibility index (Phi) is 5.70. The van der Waals surface area contributed by atoms with Gasteiger partial charge in [0.05, 0.1) is 0 Å². The van der Waals surface area contributed by atoms with E-state index in [1.54, 1.807) is 12.1 Å². The van der Waals surface area contributed by atoms with E-state index < -0.39 is 0 Å². The highest BCUT2D eigenvalue weighted by Gasteiger charge is 2.04. The minimum absolute atomic E-state index is 0.0353. The fourth-order valence-corrected chi connectivity index (χ4v) is 2.59. The molecule has 3 nitrogen and oxygen atoms in total. The van der Waals surface area contributed by atoms with Crippen LogP contribution in [0.4, 0.5) is 5.69 Å². The number of hydrogen-bond donors (Lipinski definition) is 1. The lowest BCUT2D eigenvalue weighted by atomic mass is 10.1. The Labute approximate surface area is 152 Å². The van der Waals surface area contributed by atoms with Crippen LogP contribution in [0.15, 0.2) is 78.9 Å². The second-order valence-electron chi connectivity index (χ2n) is 5.62. The summed E-state index contributed by atoms with van der Waals surface area (Å²) in [4.78, 5) is 12.0. The molecule has 0 aliphatic rings. The summed E-state index contributed by atoms with van der Waals surface area (Å²) in [5, 5.41) is 3.45. The average Bonchev–Trinajstić information content (AvgIpc) is 2.62. The Bertz CT molecular complexity index is 832. The van der Waals surface area contributed by atoms with Gasteiger partial charge in [0.2, 0.25) is 5.91 Å². The van der Waals surface area contributed by atoms with Crippen molar-refractivity contribution in [3.05, 3.63) is 89.4 Å². The maximum atomic E-state index is 12.0. The molecule has 0 spiro atoms. The molecule has 126 valence electrons. The van der Waals surface area contributed by atoms with Gasteiger partial charge in [-0.25, -0.2) is 0 Å². The summed E-state index contributed by atoms with van der Waals surface area (Å²) >= 11 is 5.91. The van der Waals surface area contributed by atoms with Crippen LogP contribution in [0.1, 0.15) is 12.0 Å². The molecule has 3 rings (SSSR count). The summed E-state index contributed by atoms with van der Waals surface area (Å²) in [6.07, 6.45) is 1.07. The lowest BCUT2D eigenvalue weighted by molar-refractivity contribution is -0.116. The predicted molar refractivity (Wildman–Crippen MR) is 101 cm³/mol. The summed E-state index contributed by atoms with van der Waals surface area (Å²) in [7, 11) is 0. The third-order valence-corrected chi connectivity index (χ3v) is 3.89. The molecular formula is C21H18ClNO2. The van der Waals surface area contributed by atoms with Crippen LogP contribution in [-0.4, -0.2) is 5.91 Å². The fourth-order valence-electron chi connectivity index (χ4n) is 2.40. The average molecular weight is 352 g/mol. The van der Waals surface area contributed by atoms with Crippen LogP contribution in [-0.2, 0) is 11.2 Å². The van der Waals surface area contributed by atoms with Crippen LogP contribution < -0.4 is 10.1 Å². The zero-order chi connectivity index (χ0) is 17.5. The lowest BCUT2D eigenvalue weighted by Crippen LogP contribution is -2.12. The molecule has 1 amide bonds. The van der Waals surface area contributed by atoms with Crippen molar-refractivity contribution in [2.75, 3.05) is 5.32 Å². The van der Waals surface area contributed by atoms with E-state index in [2.05, 4.69) is 5.32 Å². The highest BCUT2D eigenvalue weighted by Crippen LogP contribution is 2.21. The van der Waals surface area contributed by atoms with Gasteiger partial charge in [0.25, 0.3) is 0 Å². The van der Waals surface area contributed by atoms with Crippen molar-refractivity contribution in [3.8, 4) is 11.5 Å². The minimum Gasteiger partial charge on any atom is -0.457 e. The Morgan fingerprint density at radius 3 is 2.32 bits per heavy atom. The second-order valence-corrected chi connectivity index (χ2v) is 6.05. The number of anilines is 1. The summed E-state index contributed by atoms with van der Waals surface area (Å²) < 4.78 is 5.76. The molecule has 3 aromatic rings. The summed E-state index contributed by atoms with van der Waals surface area (Å²) in [6, 6.07) is 24.6. The van der Waals surface area contributed by atoms with E-state index in [0.717, 1.165) is 17.1 Å². The first kappa shape index (κ1) is 17.1. The molecule has 1 N–H and O–H groups in total. The van der Waals surface area contributed by atoms with Gasteiger partial charge in [0, 0.05) is 17.1 Å². The van der Waals surface area contributed by atoms with Crippen molar-refractivity contribution >= 4 is 23.2 Å². The van der Waals surface area contributed by atoms with Gasteiger partial charge in [-0.3, -0.25) is 4.79 Å². The molecule has 3 aromatic carbocycles. The maximum absolute atomic E-state index is 12.0. The molecule has 0 aliphatic heterocycles. The number of amides is 1. The van der Waals surface area contributed by atoms with Crippen molar-refractivity contribution in [1.29, 1.82) is 0 Å². The maximum Gasteiger partial charge on any atom is 0.224 e. The van der Waals surface area contributed by atoms with E-state index in [4.69, 9.17) is 16.3 Å². The molecule has 0 aliphatic carbocycles. The zero-order valence-corrected chi connectivity index (χ0v) is 14.4. The fraction of sp³-hybridized carbons (Fsp3) is 0.0952. The van der Waals surface area contributed by atoms with Crippen molar-refractivity contribution in [2.24, 2.45) is 0 Å². The largest absolute Gasteiger partial charge is 0.457 e. The van der Waals surface area contributed by atoms with Crippen LogP contribution in [0.5, 0.6) is 11.5 Å². The first-order valence-electron chi connectivity index (χ1n) is 8.06. The topological polar surface area (TPSA) is 38.3 Å². The van der Waals surface area contributed by atoms with Gasteiger partial charge in [-0.15, -0.1) is 0 Å². The molecule has 0 fully saturated rings. The Balaban J connectivity index is 1.50. The van der Waals surface area contributed by atoms with Crippen LogP contribution >= 0.6 is 11.6 Å². The number of carbonyl (C=O) groups excluding carboxylic acids is 1. The molecule has 25 heavy (non-hydrogen) atoms. The molecule has 0 heterocycles. The lowest BCUT2D eigenvalue weighted by Gasteiger charge is -2.08. The van der Waals surface area contributed by atoms with Gasteiger partial charge < -0.3 is 10.1 Å². The number of nitrogens with one attached hydrogen (secondary N) is 1. The SMILES string of the molecule is O=C(CCc1ccc(Oc2ccccc2)cc1)Nc1cccc(Cl)c1. The number of ether oxygens (including phenoxy) is 1. The Hall–Kier alpha value is -2.78. The number of para-hydroxylation sites is 1. The van der Waals surface area contributed by atoms with Gasteiger partial charge in [-0.2, -0.15) is 0 Å². The molecule has 0 saturated carbocycles. The molecule has 0 saturated heterocycles. The van der Waals surface area contributed by atoms with Crippen LogP contribution in [0, 0.1) is 0 Å². The third-order valence-electron chi connectivity index (χ3n) is 3.65. The third kappa shape index (κ3) is 5.37. The molecule has 4 heteroatoms. The summed E-state index contributed by atoms with van der Waals surface area (Å²) in [5.41, 5.74) is 1.80. The smallest absolute Gasteiger partial charge is 0.224 e. The van der Waals surface area contributed by atoms with Crippen molar-refractivity contribution < 1.29 is 9.53 Å². The molecule has 0 aromatic heterocycles. The van der Waals surface area contributed by atoms with E-state index in [1.807, 2.05) is 66.7 Å². The van der Waals surface area contributed by atoms with Crippen LogP contribution in [0.25, 0.3) is 0 Å². The van der Waals surface area contributed by atoms with Crippen molar-refractivity contribution in [2.45, 2.75) is 12.8 Å². The molecular weight excluding hydrogens is 334 g/mol. The zero-order valence-electron chi connectivity index (χ0n) is 13.6. The number of carbonyl (C=O) groups is 1. The number of halogens is 1. The van der Waals surface area contributed by atoms with Gasteiger partial charge in [-0.05, 0) is 54.4 Å². The number of hydrogen-bond acceptors (Lipinski definition) is 2. The highest BCUT2D eigenvalue weighted by molar-refractivity contribution is 6.30. The standard InChI is InChI=1S/C21H18ClNO2/c22-17-5-4-6-18(15-17)23-21(24)14-11-16-9-12-20(13-10-16)25-19-7-2-1-3-8-19/h1-10,12-13,15H,11,14H2,(H,23,24). The normalized spacial score (nSPS) is 10.3. The summed E-state index contributed by atoms with van der Waals surface area (Å²) in [6.45, 7) is 0. The number of aryl methyl sites for hydroxylation is 1. The predicted octanol–water partition coefficient (Wildman–Crippen LogP) is 5.70. The van der Waals surface area contributed by atoms with E-state index in [1.165, 1.54) is 0 Å². The highest BCUT2D eigenvalue weighted by atomic mass is 35.5. The van der Waals surface area contributed by atoms with Crippen molar-refractivity contribution in [1.82, 2.24) is 0 Å². The van der Waals surface area contributed by atoms with Crippen molar-refractivity contribution in [3.63, 3.8) is 0 Å². The van der Waals surface area contributed by atoms with E-state index in [-0.39, 0.29) is 5.91 Å². The van der Waals surface area contributed by atoms with Gasteiger partial charge in [0.15, 0.2) is 0 Å². The van der Waals surface area contributed by atoms with Crippen LogP contribution in [0.3, 0.4) is 0 Å².